The SMILES string of the molecule is CCn1cc(C(C)NCC2(N(C)C)CCCC2)cn1. The fourth-order valence-corrected chi connectivity index (χ4v) is 3.05. The molecule has 1 heterocycles. The van der Waals surface area contributed by atoms with E-state index in [1.165, 1.54) is 31.2 Å². The van der Waals surface area contributed by atoms with Crippen LogP contribution in [-0.2, 0) is 6.54 Å². The number of rotatable bonds is 6. The third-order valence-corrected chi connectivity index (χ3v) is 4.70. The second kappa shape index (κ2) is 6.06. The maximum absolute atomic E-state index is 4.35. The minimum absolute atomic E-state index is 0.356. The summed E-state index contributed by atoms with van der Waals surface area (Å²) in [5.74, 6) is 0. The van der Waals surface area contributed by atoms with Crippen LogP contribution in [0.25, 0.3) is 0 Å². The molecule has 1 N–H and O–H groups in total. The Hall–Kier alpha value is -0.870. The van der Waals surface area contributed by atoms with Crippen LogP contribution in [0, 0.1) is 0 Å². The van der Waals surface area contributed by atoms with Crippen LogP contribution in [0.3, 0.4) is 0 Å². The highest BCUT2D eigenvalue weighted by Crippen LogP contribution is 2.33. The maximum Gasteiger partial charge on any atom is 0.0537 e. The van der Waals surface area contributed by atoms with Crippen molar-refractivity contribution in [1.29, 1.82) is 0 Å². The van der Waals surface area contributed by atoms with Gasteiger partial charge in [-0.3, -0.25) is 4.68 Å². The summed E-state index contributed by atoms with van der Waals surface area (Å²) >= 11 is 0. The molecule has 4 nitrogen and oxygen atoms in total. The summed E-state index contributed by atoms with van der Waals surface area (Å²) in [5.41, 5.74) is 1.64. The Bertz CT molecular complexity index is 391. The number of nitrogens with one attached hydrogen (secondary N) is 1. The van der Waals surface area contributed by atoms with E-state index in [4.69, 9.17) is 0 Å². The van der Waals surface area contributed by atoms with Gasteiger partial charge in [0.15, 0.2) is 0 Å². The first-order chi connectivity index (χ1) is 9.07. The highest BCUT2D eigenvalue weighted by Gasteiger charge is 2.35. The van der Waals surface area contributed by atoms with E-state index in [0.29, 0.717) is 11.6 Å². The average molecular weight is 264 g/mol. The molecule has 0 radical (unpaired) electrons. The molecular weight excluding hydrogens is 236 g/mol. The Kier molecular flexibility index (Phi) is 4.63. The second-order valence-electron chi connectivity index (χ2n) is 6.06. The molecule has 1 aliphatic rings. The summed E-state index contributed by atoms with van der Waals surface area (Å²) in [6.07, 6.45) is 9.48. The number of nitrogens with zero attached hydrogens (tertiary/aromatic N) is 3. The molecule has 0 bridgehead atoms. The third kappa shape index (κ3) is 3.18. The molecule has 1 unspecified atom stereocenters. The van der Waals surface area contributed by atoms with Gasteiger partial charge >= 0.3 is 0 Å². The number of aromatic nitrogens is 2. The highest BCUT2D eigenvalue weighted by atomic mass is 15.3. The van der Waals surface area contributed by atoms with E-state index in [9.17, 15) is 0 Å². The number of likely N-dealkylation sites (N-methyl/N-ethyl adjacent to an activating group) is 1. The van der Waals surface area contributed by atoms with Crippen molar-refractivity contribution in [3.8, 4) is 0 Å². The molecule has 1 aliphatic carbocycles. The predicted octanol–water partition coefficient (Wildman–Crippen LogP) is 2.43. The van der Waals surface area contributed by atoms with Gasteiger partial charge in [0.25, 0.3) is 0 Å². The zero-order chi connectivity index (χ0) is 13.9. The van der Waals surface area contributed by atoms with Crippen molar-refractivity contribution in [3.05, 3.63) is 18.0 Å². The van der Waals surface area contributed by atoms with Gasteiger partial charge in [0.2, 0.25) is 0 Å². The lowest BCUT2D eigenvalue weighted by atomic mass is 9.95. The maximum atomic E-state index is 4.35. The summed E-state index contributed by atoms with van der Waals surface area (Å²) in [6.45, 7) is 6.36. The van der Waals surface area contributed by atoms with Crippen LogP contribution in [0.1, 0.15) is 51.1 Å². The molecule has 0 aromatic carbocycles. The largest absolute Gasteiger partial charge is 0.308 e. The Morgan fingerprint density at radius 2 is 2.11 bits per heavy atom. The van der Waals surface area contributed by atoms with Crippen LogP contribution in [0.2, 0.25) is 0 Å². The minimum Gasteiger partial charge on any atom is -0.308 e. The van der Waals surface area contributed by atoms with E-state index >= 15 is 0 Å². The fraction of sp³-hybridized carbons (Fsp3) is 0.800. The van der Waals surface area contributed by atoms with Gasteiger partial charge in [0.1, 0.15) is 0 Å². The van der Waals surface area contributed by atoms with Crippen molar-refractivity contribution in [2.45, 2.75) is 57.7 Å². The topological polar surface area (TPSA) is 33.1 Å². The first-order valence-corrected chi connectivity index (χ1v) is 7.50. The van der Waals surface area contributed by atoms with Crippen LogP contribution in [0.5, 0.6) is 0 Å². The van der Waals surface area contributed by atoms with E-state index in [1.54, 1.807) is 0 Å². The summed E-state index contributed by atoms with van der Waals surface area (Å²) in [6, 6.07) is 0.373. The van der Waals surface area contributed by atoms with Crippen molar-refractivity contribution in [3.63, 3.8) is 0 Å². The Balaban J connectivity index is 1.93. The number of aryl methyl sites for hydroxylation is 1. The lowest BCUT2D eigenvalue weighted by Crippen LogP contribution is -2.50. The van der Waals surface area contributed by atoms with Crippen LogP contribution in [0.4, 0.5) is 0 Å². The van der Waals surface area contributed by atoms with E-state index in [1.807, 2.05) is 10.9 Å². The number of hydrogen-bond acceptors (Lipinski definition) is 3. The molecule has 1 atom stereocenters. The normalized spacial score (nSPS) is 20.1. The van der Waals surface area contributed by atoms with E-state index in [-0.39, 0.29) is 0 Å². The monoisotopic (exact) mass is 264 g/mol. The lowest BCUT2D eigenvalue weighted by Gasteiger charge is -2.37. The van der Waals surface area contributed by atoms with Gasteiger partial charge in [-0.05, 0) is 40.8 Å². The minimum atomic E-state index is 0.356. The van der Waals surface area contributed by atoms with Gasteiger partial charge in [0, 0.05) is 36.4 Å². The lowest BCUT2D eigenvalue weighted by molar-refractivity contribution is 0.150. The molecular formula is C15H28N4. The molecule has 0 amide bonds. The van der Waals surface area contributed by atoms with Gasteiger partial charge in [-0.15, -0.1) is 0 Å². The standard InChI is InChI=1S/C15H28N4/c1-5-19-11-14(10-17-19)13(2)16-12-15(18(3)4)8-6-7-9-15/h10-11,13,16H,5-9,12H2,1-4H3. The highest BCUT2D eigenvalue weighted by molar-refractivity contribution is 5.10. The van der Waals surface area contributed by atoms with Gasteiger partial charge in [-0.2, -0.15) is 5.10 Å². The average Bonchev–Trinajstić information content (AvgIpc) is 3.05. The predicted molar refractivity (Wildman–Crippen MR) is 79.2 cm³/mol. The van der Waals surface area contributed by atoms with Crippen LogP contribution in [0.15, 0.2) is 12.4 Å². The molecule has 1 aromatic rings. The molecule has 4 heteroatoms. The Labute approximate surface area is 117 Å². The first kappa shape index (κ1) is 14.5. The van der Waals surface area contributed by atoms with Crippen molar-refractivity contribution in [1.82, 2.24) is 20.0 Å². The first-order valence-electron chi connectivity index (χ1n) is 7.50. The molecule has 19 heavy (non-hydrogen) atoms. The zero-order valence-electron chi connectivity index (χ0n) is 12.8. The van der Waals surface area contributed by atoms with Crippen LogP contribution in [-0.4, -0.2) is 40.9 Å². The van der Waals surface area contributed by atoms with Gasteiger partial charge in [-0.25, -0.2) is 0 Å². The molecule has 1 fully saturated rings. The fourth-order valence-electron chi connectivity index (χ4n) is 3.05. The molecule has 0 aliphatic heterocycles. The zero-order valence-corrected chi connectivity index (χ0v) is 12.8. The molecule has 0 saturated heterocycles. The molecule has 0 spiro atoms. The summed E-state index contributed by atoms with van der Waals surface area (Å²) in [7, 11) is 4.43. The van der Waals surface area contributed by atoms with E-state index < -0.39 is 0 Å². The quantitative estimate of drug-likeness (QED) is 0.856. The molecule has 2 rings (SSSR count). The molecule has 1 aromatic heterocycles. The van der Waals surface area contributed by atoms with Crippen LogP contribution < -0.4 is 5.32 Å². The molecule has 108 valence electrons. The van der Waals surface area contributed by atoms with Crippen molar-refractivity contribution in [2.24, 2.45) is 0 Å². The Morgan fingerprint density at radius 3 is 2.63 bits per heavy atom. The van der Waals surface area contributed by atoms with Gasteiger partial charge < -0.3 is 10.2 Å². The third-order valence-electron chi connectivity index (χ3n) is 4.70. The van der Waals surface area contributed by atoms with Crippen molar-refractivity contribution < 1.29 is 0 Å². The van der Waals surface area contributed by atoms with E-state index in [2.05, 4.69) is 49.5 Å². The van der Waals surface area contributed by atoms with Crippen LogP contribution >= 0.6 is 0 Å². The summed E-state index contributed by atoms with van der Waals surface area (Å²) in [4.78, 5) is 2.41. The van der Waals surface area contributed by atoms with Gasteiger partial charge in [0.05, 0.1) is 6.20 Å². The van der Waals surface area contributed by atoms with Gasteiger partial charge in [-0.1, -0.05) is 12.8 Å². The van der Waals surface area contributed by atoms with E-state index in [0.717, 1.165) is 13.1 Å². The summed E-state index contributed by atoms with van der Waals surface area (Å²) in [5, 5.41) is 8.06. The second-order valence-corrected chi connectivity index (χ2v) is 6.06. The number of hydrogen-bond donors (Lipinski definition) is 1. The molecule has 1 saturated carbocycles. The summed E-state index contributed by atoms with van der Waals surface area (Å²) < 4.78 is 1.99. The van der Waals surface area contributed by atoms with Crippen molar-refractivity contribution >= 4 is 0 Å². The smallest absolute Gasteiger partial charge is 0.0537 e. The van der Waals surface area contributed by atoms with Crippen molar-refractivity contribution in [2.75, 3.05) is 20.6 Å². The Morgan fingerprint density at radius 1 is 1.42 bits per heavy atom.